The molecule has 150 valence electrons. The summed E-state index contributed by atoms with van der Waals surface area (Å²) in [5.41, 5.74) is 1.58. The Morgan fingerprint density at radius 1 is 1.04 bits per heavy atom. The summed E-state index contributed by atoms with van der Waals surface area (Å²) in [6.07, 6.45) is 7.88. The minimum atomic E-state index is 0.275. The zero-order chi connectivity index (χ0) is 19.2. The van der Waals surface area contributed by atoms with Gasteiger partial charge in [0, 0.05) is 38.0 Å². The highest BCUT2D eigenvalue weighted by molar-refractivity contribution is 5.77. The van der Waals surface area contributed by atoms with Crippen molar-refractivity contribution in [3.63, 3.8) is 0 Å². The van der Waals surface area contributed by atoms with Gasteiger partial charge in [-0.05, 0) is 61.2 Å². The summed E-state index contributed by atoms with van der Waals surface area (Å²) in [6, 6.07) is 10.5. The molecule has 2 aromatic rings. The molecule has 7 nitrogen and oxygen atoms in total. The average molecular weight is 383 g/mol. The van der Waals surface area contributed by atoms with Crippen molar-refractivity contribution >= 4 is 5.91 Å². The SMILES string of the molecule is O=C1CC[C@]2(CCCN(CCCn3cnnn3)C2)CN1CCc1ccccc1. The van der Waals surface area contributed by atoms with E-state index in [1.165, 1.54) is 18.4 Å². The third-order valence-electron chi connectivity index (χ3n) is 6.25. The minimum absolute atomic E-state index is 0.275. The highest BCUT2D eigenvalue weighted by Crippen LogP contribution is 2.38. The molecule has 1 aromatic heterocycles. The van der Waals surface area contributed by atoms with E-state index in [4.69, 9.17) is 0 Å². The van der Waals surface area contributed by atoms with Crippen LogP contribution < -0.4 is 0 Å². The Balaban J connectivity index is 1.30. The Morgan fingerprint density at radius 2 is 1.93 bits per heavy atom. The van der Waals surface area contributed by atoms with Gasteiger partial charge in [-0.25, -0.2) is 4.68 Å². The lowest BCUT2D eigenvalue weighted by Gasteiger charge is -2.48. The van der Waals surface area contributed by atoms with Gasteiger partial charge >= 0.3 is 0 Å². The highest BCUT2D eigenvalue weighted by Gasteiger charge is 2.41. The lowest BCUT2D eigenvalue weighted by Crippen LogP contribution is -2.54. The molecule has 2 fully saturated rings. The van der Waals surface area contributed by atoms with Crippen LogP contribution in [0.25, 0.3) is 0 Å². The first kappa shape index (κ1) is 19.1. The van der Waals surface area contributed by atoms with Gasteiger partial charge in [-0.15, -0.1) is 5.10 Å². The predicted octanol–water partition coefficient (Wildman–Crippen LogP) is 2.01. The number of piperidine rings is 2. The van der Waals surface area contributed by atoms with Crippen molar-refractivity contribution in [1.29, 1.82) is 0 Å². The molecule has 28 heavy (non-hydrogen) atoms. The quantitative estimate of drug-likeness (QED) is 0.733. The maximum Gasteiger partial charge on any atom is 0.222 e. The molecule has 2 aliphatic heterocycles. The van der Waals surface area contributed by atoms with E-state index in [1.54, 1.807) is 11.0 Å². The van der Waals surface area contributed by atoms with Crippen molar-refractivity contribution in [1.82, 2.24) is 30.0 Å². The standard InChI is InChI=1S/C21H30N6O/c28-20-8-11-21(17-26(20)15-9-19-6-2-1-3-7-19)10-4-12-25(16-21)13-5-14-27-18-22-23-24-27/h1-3,6-7,18H,4-5,8-17H2/t21-/m0/s1. The Labute approximate surface area is 166 Å². The molecule has 0 saturated carbocycles. The van der Waals surface area contributed by atoms with Crippen LogP contribution in [0, 0.1) is 5.41 Å². The van der Waals surface area contributed by atoms with Crippen LogP contribution in [0.1, 0.15) is 37.7 Å². The summed E-state index contributed by atoms with van der Waals surface area (Å²) in [5, 5.41) is 11.3. The fraction of sp³-hybridized carbons (Fsp3) is 0.619. The van der Waals surface area contributed by atoms with Crippen molar-refractivity contribution in [2.24, 2.45) is 5.41 Å². The number of carbonyl (C=O) groups is 1. The molecule has 0 unspecified atom stereocenters. The van der Waals surface area contributed by atoms with E-state index in [2.05, 4.69) is 49.6 Å². The van der Waals surface area contributed by atoms with Crippen molar-refractivity contribution in [3.05, 3.63) is 42.2 Å². The van der Waals surface area contributed by atoms with E-state index in [0.29, 0.717) is 12.3 Å². The second kappa shape index (κ2) is 8.82. The minimum Gasteiger partial charge on any atom is -0.342 e. The Bertz CT molecular complexity index is 750. The summed E-state index contributed by atoms with van der Waals surface area (Å²) < 4.78 is 1.80. The predicted molar refractivity (Wildman–Crippen MR) is 107 cm³/mol. The topological polar surface area (TPSA) is 67.2 Å². The molecule has 4 rings (SSSR count). The molecule has 7 heteroatoms. The van der Waals surface area contributed by atoms with E-state index in [1.807, 2.05) is 6.07 Å². The fourth-order valence-electron chi connectivity index (χ4n) is 4.79. The van der Waals surface area contributed by atoms with E-state index in [9.17, 15) is 4.79 Å². The third kappa shape index (κ3) is 4.76. The van der Waals surface area contributed by atoms with Crippen molar-refractivity contribution in [3.8, 4) is 0 Å². The molecule has 2 aliphatic rings. The lowest BCUT2D eigenvalue weighted by molar-refractivity contribution is -0.139. The zero-order valence-electron chi connectivity index (χ0n) is 16.5. The maximum absolute atomic E-state index is 12.5. The molecular formula is C21H30N6O. The smallest absolute Gasteiger partial charge is 0.222 e. The third-order valence-corrected chi connectivity index (χ3v) is 6.25. The van der Waals surface area contributed by atoms with Gasteiger partial charge in [0.1, 0.15) is 6.33 Å². The molecule has 3 heterocycles. The van der Waals surface area contributed by atoms with Crippen molar-refractivity contribution < 1.29 is 4.79 Å². The Morgan fingerprint density at radius 3 is 2.75 bits per heavy atom. The zero-order valence-corrected chi connectivity index (χ0v) is 16.5. The van der Waals surface area contributed by atoms with Crippen LogP contribution >= 0.6 is 0 Å². The number of rotatable bonds is 7. The number of carbonyl (C=O) groups excluding carboxylic acids is 1. The van der Waals surface area contributed by atoms with Crippen LogP contribution in [-0.2, 0) is 17.8 Å². The maximum atomic E-state index is 12.5. The second-order valence-corrected chi connectivity index (χ2v) is 8.36. The number of hydrogen-bond acceptors (Lipinski definition) is 5. The molecule has 0 radical (unpaired) electrons. The summed E-state index contributed by atoms with van der Waals surface area (Å²) in [4.78, 5) is 17.2. The van der Waals surface area contributed by atoms with Crippen LogP contribution in [-0.4, -0.2) is 68.6 Å². The number of likely N-dealkylation sites (tertiary alicyclic amines) is 2. The number of nitrogens with zero attached hydrogens (tertiary/aromatic N) is 6. The second-order valence-electron chi connectivity index (χ2n) is 8.36. The monoisotopic (exact) mass is 382 g/mol. The van der Waals surface area contributed by atoms with Gasteiger partial charge in [-0.3, -0.25) is 4.79 Å². The average Bonchev–Trinajstić information content (AvgIpc) is 3.24. The van der Waals surface area contributed by atoms with Crippen molar-refractivity contribution in [2.75, 3.05) is 32.7 Å². The van der Waals surface area contributed by atoms with E-state index in [0.717, 1.165) is 58.5 Å². The number of aryl methyl sites for hydroxylation is 1. The van der Waals surface area contributed by atoms with Crippen LogP contribution in [0.3, 0.4) is 0 Å². The van der Waals surface area contributed by atoms with Gasteiger partial charge < -0.3 is 9.80 Å². The Hall–Kier alpha value is -2.28. The van der Waals surface area contributed by atoms with Gasteiger partial charge in [0.05, 0.1) is 0 Å². The molecule has 1 atom stereocenters. The normalized spacial score (nSPS) is 23.4. The molecule has 1 spiro atoms. The first-order chi connectivity index (χ1) is 13.7. The molecule has 1 amide bonds. The molecule has 1 aromatic carbocycles. The van der Waals surface area contributed by atoms with Crippen LogP contribution in [0.5, 0.6) is 0 Å². The van der Waals surface area contributed by atoms with Gasteiger partial charge in [-0.2, -0.15) is 0 Å². The summed E-state index contributed by atoms with van der Waals surface area (Å²) >= 11 is 0. The Kier molecular flexibility index (Phi) is 6.00. The molecule has 0 bridgehead atoms. The van der Waals surface area contributed by atoms with Crippen LogP contribution in [0.15, 0.2) is 36.7 Å². The van der Waals surface area contributed by atoms with Crippen molar-refractivity contribution in [2.45, 2.75) is 45.1 Å². The van der Waals surface area contributed by atoms with Gasteiger partial charge in [0.25, 0.3) is 0 Å². The number of aromatic nitrogens is 4. The number of tetrazole rings is 1. The van der Waals surface area contributed by atoms with E-state index < -0.39 is 0 Å². The summed E-state index contributed by atoms with van der Waals surface area (Å²) in [5.74, 6) is 0.331. The van der Waals surface area contributed by atoms with Gasteiger partial charge in [0.15, 0.2) is 0 Å². The highest BCUT2D eigenvalue weighted by atomic mass is 16.2. The number of hydrogen-bond donors (Lipinski definition) is 0. The summed E-state index contributed by atoms with van der Waals surface area (Å²) in [6.45, 7) is 5.96. The molecule has 0 aliphatic carbocycles. The molecule has 0 N–H and O–H groups in total. The number of amides is 1. The van der Waals surface area contributed by atoms with Crippen LogP contribution in [0.2, 0.25) is 0 Å². The van der Waals surface area contributed by atoms with E-state index in [-0.39, 0.29) is 5.41 Å². The van der Waals surface area contributed by atoms with E-state index >= 15 is 0 Å². The summed E-state index contributed by atoms with van der Waals surface area (Å²) in [7, 11) is 0. The van der Waals surface area contributed by atoms with Gasteiger partial charge in [-0.1, -0.05) is 30.3 Å². The lowest BCUT2D eigenvalue weighted by atomic mass is 9.73. The van der Waals surface area contributed by atoms with Gasteiger partial charge in [0.2, 0.25) is 5.91 Å². The largest absolute Gasteiger partial charge is 0.342 e. The molecule has 2 saturated heterocycles. The first-order valence-corrected chi connectivity index (χ1v) is 10.5. The molecular weight excluding hydrogens is 352 g/mol. The number of benzene rings is 1. The van der Waals surface area contributed by atoms with Crippen LogP contribution in [0.4, 0.5) is 0 Å². The fourth-order valence-corrected chi connectivity index (χ4v) is 4.79. The first-order valence-electron chi connectivity index (χ1n) is 10.5.